The average Bonchev–Trinajstić information content (AvgIpc) is 2.84. The van der Waals surface area contributed by atoms with E-state index in [1.807, 2.05) is 20.8 Å². The van der Waals surface area contributed by atoms with Crippen molar-refractivity contribution in [3.05, 3.63) is 21.9 Å². The van der Waals surface area contributed by atoms with Gasteiger partial charge in [-0.25, -0.2) is 0 Å². The van der Waals surface area contributed by atoms with Gasteiger partial charge >= 0.3 is 0 Å². The number of hydrogen-bond acceptors (Lipinski definition) is 4. The van der Waals surface area contributed by atoms with Gasteiger partial charge in [0.2, 0.25) is 11.8 Å². The first kappa shape index (κ1) is 14.2. The summed E-state index contributed by atoms with van der Waals surface area (Å²) in [5.74, 6) is -0.174. The Morgan fingerprint density at radius 1 is 1.32 bits per heavy atom. The van der Waals surface area contributed by atoms with Crippen molar-refractivity contribution in [1.82, 2.24) is 10.2 Å². The molecule has 5 heteroatoms. The third-order valence-corrected chi connectivity index (χ3v) is 4.52. The van der Waals surface area contributed by atoms with Crippen LogP contribution in [0.15, 0.2) is 12.1 Å². The van der Waals surface area contributed by atoms with E-state index in [0.717, 1.165) is 0 Å². The first-order valence-electron chi connectivity index (χ1n) is 6.58. The highest BCUT2D eigenvalue weighted by molar-refractivity contribution is 7.12. The lowest BCUT2D eigenvalue weighted by atomic mass is 10.2. The van der Waals surface area contributed by atoms with Gasteiger partial charge < -0.3 is 0 Å². The van der Waals surface area contributed by atoms with E-state index in [-0.39, 0.29) is 36.4 Å². The maximum atomic E-state index is 12.2. The molecule has 0 saturated carbocycles. The Morgan fingerprint density at radius 3 is 2.47 bits per heavy atom. The molecule has 1 aromatic rings. The fourth-order valence-corrected chi connectivity index (χ4v) is 3.28. The molecule has 1 aromatic heterocycles. The van der Waals surface area contributed by atoms with E-state index >= 15 is 0 Å². The topological polar surface area (TPSA) is 49.4 Å². The van der Waals surface area contributed by atoms with Crippen LogP contribution in [0.2, 0.25) is 0 Å². The molecule has 1 aliphatic heterocycles. The molecule has 19 heavy (non-hydrogen) atoms. The number of carbonyl (C=O) groups is 2. The van der Waals surface area contributed by atoms with Gasteiger partial charge in [0.05, 0.1) is 12.5 Å². The monoisotopic (exact) mass is 280 g/mol. The van der Waals surface area contributed by atoms with E-state index in [1.54, 1.807) is 11.3 Å². The second-order valence-corrected chi connectivity index (χ2v) is 6.61. The lowest BCUT2D eigenvalue weighted by molar-refractivity contribution is -0.140. The summed E-state index contributed by atoms with van der Waals surface area (Å²) in [7, 11) is 0. The van der Waals surface area contributed by atoms with Crippen molar-refractivity contribution in [3.63, 3.8) is 0 Å². The Labute approximate surface area is 117 Å². The van der Waals surface area contributed by atoms with Gasteiger partial charge in [0.25, 0.3) is 0 Å². The number of amides is 2. The zero-order valence-electron chi connectivity index (χ0n) is 11.8. The van der Waals surface area contributed by atoms with E-state index < -0.39 is 0 Å². The van der Waals surface area contributed by atoms with Gasteiger partial charge in [-0.2, -0.15) is 0 Å². The molecule has 1 aliphatic rings. The Hall–Kier alpha value is -1.20. The van der Waals surface area contributed by atoms with E-state index in [2.05, 4.69) is 24.4 Å². The number of thiophene rings is 1. The van der Waals surface area contributed by atoms with Crippen LogP contribution in [0.5, 0.6) is 0 Å². The van der Waals surface area contributed by atoms with Crippen molar-refractivity contribution in [2.45, 2.75) is 52.2 Å². The highest BCUT2D eigenvalue weighted by Gasteiger charge is 2.40. The lowest BCUT2D eigenvalue weighted by Crippen LogP contribution is -2.42. The number of imide groups is 1. The van der Waals surface area contributed by atoms with Crippen LogP contribution in [0.1, 0.15) is 43.0 Å². The van der Waals surface area contributed by atoms with Gasteiger partial charge in [-0.05, 0) is 39.8 Å². The number of hydrogen-bond donors (Lipinski definition) is 1. The Kier molecular flexibility index (Phi) is 4.06. The number of rotatable bonds is 4. The van der Waals surface area contributed by atoms with E-state index in [9.17, 15) is 9.59 Å². The van der Waals surface area contributed by atoms with Crippen molar-refractivity contribution < 1.29 is 9.59 Å². The highest BCUT2D eigenvalue weighted by Crippen LogP contribution is 2.25. The molecule has 0 bridgehead atoms. The van der Waals surface area contributed by atoms with Gasteiger partial charge in [-0.3, -0.25) is 19.8 Å². The molecule has 0 radical (unpaired) electrons. The Bertz CT molecular complexity index is 495. The predicted octanol–water partition coefficient (Wildman–Crippen LogP) is 2.24. The molecule has 2 atom stereocenters. The number of nitrogens with one attached hydrogen (secondary N) is 1. The molecule has 0 aliphatic carbocycles. The molecule has 2 unspecified atom stereocenters. The molecule has 104 valence electrons. The first-order chi connectivity index (χ1) is 8.90. The molecule has 2 heterocycles. The van der Waals surface area contributed by atoms with Crippen LogP contribution in [0, 0.1) is 6.92 Å². The van der Waals surface area contributed by atoms with Crippen LogP contribution in [0.3, 0.4) is 0 Å². The van der Waals surface area contributed by atoms with E-state index in [0.29, 0.717) is 0 Å². The minimum Gasteiger partial charge on any atom is -0.298 e. The van der Waals surface area contributed by atoms with Crippen molar-refractivity contribution in [1.29, 1.82) is 0 Å². The SMILES string of the molecule is Cc1ccc(C(C)NC2CC(=O)N(C(C)C)C2=O)s1. The van der Waals surface area contributed by atoms with Gasteiger partial charge in [-0.15, -0.1) is 11.3 Å². The highest BCUT2D eigenvalue weighted by atomic mass is 32.1. The van der Waals surface area contributed by atoms with Crippen LogP contribution in [0.25, 0.3) is 0 Å². The quantitative estimate of drug-likeness (QED) is 0.861. The Balaban J connectivity index is 2.04. The zero-order chi connectivity index (χ0) is 14.2. The fourth-order valence-electron chi connectivity index (χ4n) is 2.39. The zero-order valence-corrected chi connectivity index (χ0v) is 12.6. The van der Waals surface area contributed by atoms with E-state index in [4.69, 9.17) is 0 Å². The maximum Gasteiger partial charge on any atom is 0.247 e. The van der Waals surface area contributed by atoms with Gasteiger partial charge in [0, 0.05) is 21.8 Å². The van der Waals surface area contributed by atoms with Gasteiger partial charge in [-0.1, -0.05) is 0 Å². The summed E-state index contributed by atoms with van der Waals surface area (Å²) < 4.78 is 0. The minimum absolute atomic E-state index is 0.0638. The minimum atomic E-state index is -0.382. The van der Waals surface area contributed by atoms with E-state index in [1.165, 1.54) is 14.7 Å². The summed E-state index contributed by atoms with van der Waals surface area (Å²) in [6.45, 7) is 7.82. The summed E-state index contributed by atoms with van der Waals surface area (Å²) in [6, 6.07) is 3.78. The largest absolute Gasteiger partial charge is 0.298 e. The predicted molar refractivity (Wildman–Crippen MR) is 76.0 cm³/mol. The van der Waals surface area contributed by atoms with Crippen LogP contribution >= 0.6 is 11.3 Å². The maximum absolute atomic E-state index is 12.2. The standard InChI is InChI=1S/C14H20N2O2S/c1-8(2)16-13(17)7-11(14(16)18)15-10(4)12-6-5-9(3)19-12/h5-6,8,10-11,15H,7H2,1-4H3. The second-order valence-electron chi connectivity index (χ2n) is 5.29. The molecule has 0 spiro atoms. The van der Waals surface area contributed by atoms with Crippen LogP contribution in [0.4, 0.5) is 0 Å². The van der Waals surface area contributed by atoms with Crippen LogP contribution in [-0.2, 0) is 9.59 Å². The summed E-state index contributed by atoms with van der Waals surface area (Å²) in [4.78, 5) is 27.8. The van der Waals surface area contributed by atoms with Crippen molar-refractivity contribution in [2.75, 3.05) is 0 Å². The summed E-state index contributed by atoms with van der Waals surface area (Å²) in [5.41, 5.74) is 0. The first-order valence-corrected chi connectivity index (χ1v) is 7.40. The summed E-state index contributed by atoms with van der Waals surface area (Å²) in [5, 5.41) is 3.27. The molecular weight excluding hydrogens is 260 g/mol. The van der Waals surface area contributed by atoms with Crippen molar-refractivity contribution in [2.24, 2.45) is 0 Å². The fraction of sp³-hybridized carbons (Fsp3) is 0.571. The Morgan fingerprint density at radius 2 is 2.00 bits per heavy atom. The molecule has 0 aromatic carbocycles. The molecule has 2 rings (SSSR count). The molecule has 4 nitrogen and oxygen atoms in total. The third kappa shape index (κ3) is 2.87. The molecule has 1 N–H and O–H groups in total. The third-order valence-electron chi connectivity index (χ3n) is 3.34. The summed E-state index contributed by atoms with van der Waals surface area (Å²) in [6.07, 6.45) is 0.270. The number of likely N-dealkylation sites (tertiary alicyclic amines) is 1. The van der Waals surface area contributed by atoms with Crippen molar-refractivity contribution >= 4 is 23.2 Å². The van der Waals surface area contributed by atoms with Gasteiger partial charge in [0.1, 0.15) is 0 Å². The normalized spacial score (nSPS) is 21.5. The average molecular weight is 280 g/mol. The number of aryl methyl sites for hydroxylation is 1. The molecule has 1 fully saturated rings. The number of nitrogens with zero attached hydrogens (tertiary/aromatic N) is 1. The molecular formula is C14H20N2O2S. The van der Waals surface area contributed by atoms with Gasteiger partial charge in [0.15, 0.2) is 0 Å². The molecule has 2 amide bonds. The molecule has 1 saturated heterocycles. The summed E-state index contributed by atoms with van der Waals surface area (Å²) >= 11 is 1.72. The van der Waals surface area contributed by atoms with Crippen molar-refractivity contribution in [3.8, 4) is 0 Å². The second kappa shape index (κ2) is 5.43. The smallest absolute Gasteiger partial charge is 0.247 e. The lowest BCUT2D eigenvalue weighted by Gasteiger charge is -2.20. The van der Waals surface area contributed by atoms with Crippen LogP contribution in [-0.4, -0.2) is 28.8 Å². The van der Waals surface area contributed by atoms with Crippen LogP contribution < -0.4 is 5.32 Å². The number of carbonyl (C=O) groups excluding carboxylic acids is 2.